The maximum Gasteiger partial charge on any atom is 1.00 e. The van der Waals surface area contributed by atoms with E-state index in [-0.39, 0.29) is 171 Å². The Bertz CT molecular complexity index is 156. The number of hydrogen-bond acceptors (Lipinski definition) is 5. The molecule has 0 bridgehead atoms. The van der Waals surface area contributed by atoms with Crippen LogP contribution in [0.5, 0.6) is 0 Å². The predicted molar refractivity (Wildman–Crippen MR) is 64.6 cm³/mol. The summed E-state index contributed by atoms with van der Waals surface area (Å²) in [6, 6.07) is 0. The largest absolute Gasteiger partial charge is 1.00 e. The van der Waals surface area contributed by atoms with E-state index in [0.717, 1.165) is 20.8 Å². The molecule has 0 aromatic rings. The molecule has 11 heteroatoms. The summed E-state index contributed by atoms with van der Waals surface area (Å²) in [5, 5.41) is 22.2. The van der Waals surface area contributed by atoms with E-state index >= 15 is 0 Å². The zero-order valence-corrected chi connectivity index (χ0v) is 22.3. The maximum absolute atomic E-state index is 9.00. The van der Waals surface area contributed by atoms with Crippen molar-refractivity contribution in [3.8, 4) is 0 Å². The molecule has 19 heavy (non-hydrogen) atoms. The van der Waals surface area contributed by atoms with Gasteiger partial charge < -0.3 is 31.9 Å². The van der Waals surface area contributed by atoms with Crippen molar-refractivity contribution < 1.29 is 188 Å². The van der Waals surface area contributed by atoms with Gasteiger partial charge in [-0.2, -0.15) is 0 Å². The van der Waals surface area contributed by atoms with Crippen LogP contribution in [0.4, 0.5) is 0 Å². The third-order valence-corrected chi connectivity index (χ3v) is 0. The van der Waals surface area contributed by atoms with E-state index in [1.54, 1.807) is 0 Å². The molecule has 0 atom stereocenters. The van der Waals surface area contributed by atoms with E-state index in [1.165, 1.54) is 0 Å². The Labute approximate surface area is 246 Å². The quantitative estimate of drug-likeness (QED) is 0.208. The molecule has 0 aliphatic rings. The first kappa shape index (κ1) is 57.4. The zero-order chi connectivity index (χ0) is 12.7. The smallest absolute Gasteiger partial charge is 1.00 e. The molecule has 106 valence electrons. The third-order valence-electron chi connectivity index (χ3n) is 0. The van der Waals surface area contributed by atoms with Crippen LogP contribution in [0.1, 0.15) is 25.1 Å². The van der Waals surface area contributed by atoms with E-state index in [1.807, 2.05) is 0 Å². The first-order valence-electron chi connectivity index (χ1n) is 3.28. The number of carboxylic acid groups (broad SMARTS) is 3. The second-order valence-corrected chi connectivity index (χ2v) is 1.56. The van der Waals surface area contributed by atoms with Crippen molar-refractivity contribution in [3.63, 3.8) is 0 Å². The fraction of sp³-hybridized carbons (Fsp3) is 0.375. The van der Waals surface area contributed by atoms with E-state index in [9.17, 15) is 0 Å². The first-order chi connectivity index (χ1) is 6.20. The van der Waals surface area contributed by atoms with Crippen molar-refractivity contribution in [1.29, 1.82) is 0 Å². The molecule has 0 heterocycles. The van der Waals surface area contributed by atoms with E-state index in [0.29, 0.717) is 0 Å². The van der Waals surface area contributed by atoms with Crippen LogP contribution in [0.25, 0.3) is 0 Å². The van der Waals surface area contributed by atoms with Crippen molar-refractivity contribution >= 4 is 17.9 Å². The summed E-state index contributed by atoms with van der Waals surface area (Å²) < 4.78 is 0. The summed E-state index contributed by atoms with van der Waals surface area (Å²) in [4.78, 5) is 27.0. The van der Waals surface area contributed by atoms with Gasteiger partial charge >= 0.3 is 154 Å². The van der Waals surface area contributed by atoms with Crippen LogP contribution in [0.2, 0.25) is 0 Å². The number of aliphatic carboxylic acids is 3. The molecule has 9 N–H and O–H groups in total. The van der Waals surface area contributed by atoms with Gasteiger partial charge in [-0.05, 0) is 0 Å². The maximum atomic E-state index is 9.00. The summed E-state index contributed by atoms with van der Waals surface area (Å²) in [6.07, 6.45) is 0. The summed E-state index contributed by atoms with van der Waals surface area (Å²) >= 11 is 0. The summed E-state index contributed by atoms with van der Waals surface area (Å²) in [7, 11) is 0. The molecular weight excluding hydrogens is 337 g/mol. The van der Waals surface area contributed by atoms with E-state index in [4.69, 9.17) is 29.7 Å². The van der Waals surface area contributed by atoms with Crippen LogP contribution in [0, 0.1) is 0 Å². The predicted octanol–water partition coefficient (Wildman–Crippen LogP) is -7.25. The molecule has 0 aromatic heterocycles. The Kier molecular flexibility index (Phi) is 176. The summed E-state index contributed by atoms with van der Waals surface area (Å²) in [6.45, 7) is 9.25. The standard InChI is InChI=1S/3C2H4O2.C2H4.3K.2H3N.3H/c3*1-2(3)4;1-2;;;;;;;;/h3*1H3,(H,3,4);1-2H2;;;;2*1H3;;;/q;;;;3*+1;;;3*-1. The second kappa shape index (κ2) is 58.4. The van der Waals surface area contributed by atoms with Crippen LogP contribution >= 0.6 is 0 Å². The number of rotatable bonds is 0. The SMILES string of the molecule is C=C.CC(=O)O.CC(=O)O.CC(=O)O.N.N.[H-].[H-].[H-].[K+].[K+].[K+]. The molecule has 0 saturated heterocycles. The minimum Gasteiger partial charge on any atom is -1.00 e. The fourth-order valence-electron chi connectivity index (χ4n) is 0. The molecule has 8 nitrogen and oxygen atoms in total. The average molecular weight is 363 g/mol. The van der Waals surface area contributed by atoms with Crippen LogP contribution in [0.15, 0.2) is 13.2 Å². The van der Waals surface area contributed by atoms with Crippen LogP contribution in [-0.4, -0.2) is 33.2 Å². The first-order valence-corrected chi connectivity index (χ1v) is 3.28. The van der Waals surface area contributed by atoms with E-state index < -0.39 is 17.9 Å². The molecule has 0 radical (unpaired) electrons. The third kappa shape index (κ3) is 851. The van der Waals surface area contributed by atoms with Crippen molar-refractivity contribution in [1.82, 2.24) is 12.3 Å². The topological polar surface area (TPSA) is 182 Å². The molecule has 0 rings (SSSR count). The van der Waals surface area contributed by atoms with Crippen LogP contribution in [-0.2, 0) is 14.4 Å². The Morgan fingerprint density at radius 3 is 0.684 bits per heavy atom. The summed E-state index contributed by atoms with van der Waals surface area (Å²) in [5.41, 5.74) is 0. The van der Waals surface area contributed by atoms with Gasteiger partial charge in [0.2, 0.25) is 0 Å². The number of hydrogen-bond donors (Lipinski definition) is 5. The van der Waals surface area contributed by atoms with Crippen molar-refractivity contribution in [2.45, 2.75) is 20.8 Å². The Hall–Kier alpha value is 2.98. The minimum absolute atomic E-state index is 0. The van der Waals surface area contributed by atoms with Crippen molar-refractivity contribution in [3.05, 3.63) is 13.2 Å². The minimum atomic E-state index is -0.833. The van der Waals surface area contributed by atoms with Gasteiger partial charge in [-0.1, -0.05) is 0 Å². The Morgan fingerprint density at radius 1 is 0.684 bits per heavy atom. The number of carboxylic acids is 3. The van der Waals surface area contributed by atoms with Gasteiger partial charge in [-0.25, -0.2) is 0 Å². The van der Waals surface area contributed by atoms with Gasteiger partial charge in [0.1, 0.15) is 0 Å². The zero-order valence-electron chi connectivity index (χ0n) is 15.9. The molecule has 0 amide bonds. The number of carbonyl (C=O) groups is 3. The van der Waals surface area contributed by atoms with Gasteiger partial charge in [0.15, 0.2) is 0 Å². The summed E-state index contributed by atoms with van der Waals surface area (Å²) in [5.74, 6) is -2.50. The molecule has 0 aliphatic carbocycles. The monoisotopic (exact) mass is 362 g/mol. The van der Waals surface area contributed by atoms with Gasteiger partial charge in [0.25, 0.3) is 17.9 Å². The Balaban J connectivity index is -0.00000000550. The molecular formula is C8H25K3N2O6. The average Bonchev–Trinajstić information content (AvgIpc) is 1.86. The molecule has 0 fully saturated rings. The van der Waals surface area contributed by atoms with Gasteiger partial charge in [-0.15, -0.1) is 13.2 Å². The normalized spacial score (nSPS) is 4.16. The van der Waals surface area contributed by atoms with Gasteiger partial charge in [-0.3, -0.25) is 14.4 Å². The molecule has 0 aliphatic heterocycles. The molecule has 0 saturated carbocycles. The van der Waals surface area contributed by atoms with Crippen molar-refractivity contribution in [2.75, 3.05) is 0 Å². The van der Waals surface area contributed by atoms with Crippen LogP contribution < -0.4 is 166 Å². The molecule has 0 aromatic carbocycles. The fourth-order valence-corrected chi connectivity index (χ4v) is 0. The molecule has 0 unspecified atom stereocenters. The van der Waals surface area contributed by atoms with Gasteiger partial charge in [0, 0.05) is 20.8 Å². The van der Waals surface area contributed by atoms with Crippen molar-refractivity contribution in [2.24, 2.45) is 0 Å². The van der Waals surface area contributed by atoms with E-state index in [2.05, 4.69) is 13.2 Å². The molecule has 0 spiro atoms. The van der Waals surface area contributed by atoms with Gasteiger partial charge in [0.05, 0.1) is 0 Å². The second-order valence-electron chi connectivity index (χ2n) is 1.56. The van der Waals surface area contributed by atoms with Crippen LogP contribution in [0.3, 0.4) is 0 Å². The Morgan fingerprint density at radius 2 is 0.684 bits per heavy atom.